The van der Waals surface area contributed by atoms with Gasteiger partial charge in [-0.15, -0.1) is 0 Å². The van der Waals surface area contributed by atoms with E-state index in [-0.39, 0.29) is 5.60 Å². The second-order valence-corrected chi connectivity index (χ2v) is 8.94. The molecule has 5 nitrogen and oxygen atoms in total. The van der Waals surface area contributed by atoms with E-state index in [9.17, 15) is 4.79 Å². The highest BCUT2D eigenvalue weighted by Crippen LogP contribution is 2.43. The molecule has 0 unspecified atom stereocenters. The first-order valence-corrected chi connectivity index (χ1v) is 10.6. The molecule has 1 aromatic heterocycles. The van der Waals surface area contributed by atoms with Crippen LogP contribution in [0.1, 0.15) is 56.9 Å². The molecule has 0 aromatic carbocycles. The van der Waals surface area contributed by atoms with Gasteiger partial charge in [0.2, 0.25) is 5.91 Å². The van der Waals surface area contributed by atoms with Crippen LogP contribution >= 0.6 is 0 Å². The van der Waals surface area contributed by atoms with Crippen LogP contribution in [0.2, 0.25) is 0 Å². The fourth-order valence-corrected chi connectivity index (χ4v) is 5.08. The number of pyridine rings is 1. The van der Waals surface area contributed by atoms with Crippen molar-refractivity contribution in [2.75, 3.05) is 33.3 Å². The van der Waals surface area contributed by atoms with Crippen LogP contribution in [0.3, 0.4) is 0 Å². The van der Waals surface area contributed by atoms with Gasteiger partial charge in [-0.25, -0.2) is 0 Å². The molecule has 3 heterocycles. The van der Waals surface area contributed by atoms with Crippen molar-refractivity contribution in [3.63, 3.8) is 0 Å². The number of hydrogen-bond donors (Lipinski definition) is 0. The highest BCUT2D eigenvalue weighted by molar-refractivity contribution is 5.77. The fourth-order valence-electron chi connectivity index (χ4n) is 5.08. The summed E-state index contributed by atoms with van der Waals surface area (Å²) in [6, 6.07) is 4.18. The van der Waals surface area contributed by atoms with Crippen LogP contribution in [0, 0.1) is 5.41 Å². The summed E-state index contributed by atoms with van der Waals surface area (Å²) >= 11 is 0. The van der Waals surface area contributed by atoms with E-state index in [2.05, 4.69) is 20.9 Å². The fraction of sp³-hybridized carbons (Fsp3) is 0.727. The zero-order chi connectivity index (χ0) is 18.7. The van der Waals surface area contributed by atoms with Crippen molar-refractivity contribution >= 4 is 5.91 Å². The summed E-state index contributed by atoms with van der Waals surface area (Å²) in [5.41, 5.74) is 1.61. The van der Waals surface area contributed by atoms with E-state index >= 15 is 0 Å². The minimum absolute atomic E-state index is 0.149. The molecule has 2 saturated heterocycles. The maximum absolute atomic E-state index is 12.7. The summed E-state index contributed by atoms with van der Waals surface area (Å²) < 4.78 is 5.65. The minimum Gasteiger partial charge on any atom is -0.378 e. The highest BCUT2D eigenvalue weighted by atomic mass is 16.5. The van der Waals surface area contributed by atoms with Gasteiger partial charge >= 0.3 is 0 Å². The lowest BCUT2D eigenvalue weighted by Gasteiger charge is -2.48. The number of aromatic nitrogens is 1. The van der Waals surface area contributed by atoms with Crippen LogP contribution in [-0.2, 0) is 16.1 Å². The van der Waals surface area contributed by atoms with Crippen molar-refractivity contribution in [1.29, 1.82) is 0 Å². The lowest BCUT2D eigenvalue weighted by Crippen LogP contribution is -2.50. The molecule has 4 rings (SSSR count). The van der Waals surface area contributed by atoms with E-state index in [1.54, 1.807) is 7.11 Å². The van der Waals surface area contributed by atoms with Gasteiger partial charge in [0.25, 0.3) is 0 Å². The second kappa shape index (κ2) is 7.88. The molecule has 0 atom stereocenters. The zero-order valence-corrected chi connectivity index (χ0v) is 16.7. The third-order valence-electron chi connectivity index (χ3n) is 7.39. The van der Waals surface area contributed by atoms with Gasteiger partial charge in [0, 0.05) is 39.1 Å². The first-order chi connectivity index (χ1) is 13.1. The lowest BCUT2D eigenvalue weighted by atomic mass is 9.71. The molecule has 1 aliphatic carbocycles. The molecular weight excluding hydrogens is 338 g/mol. The first kappa shape index (κ1) is 18.9. The Morgan fingerprint density at radius 1 is 1.11 bits per heavy atom. The third-order valence-corrected chi connectivity index (χ3v) is 7.39. The topological polar surface area (TPSA) is 45.7 Å². The Hall–Kier alpha value is -1.46. The van der Waals surface area contributed by atoms with Gasteiger partial charge in [-0.3, -0.25) is 14.7 Å². The van der Waals surface area contributed by atoms with E-state index in [4.69, 9.17) is 4.74 Å². The van der Waals surface area contributed by atoms with E-state index < -0.39 is 0 Å². The maximum Gasteiger partial charge on any atom is 0.225 e. The molecule has 0 radical (unpaired) electrons. The van der Waals surface area contributed by atoms with Gasteiger partial charge in [0.05, 0.1) is 12.0 Å². The molecule has 1 aromatic rings. The van der Waals surface area contributed by atoms with E-state index in [1.807, 2.05) is 18.5 Å². The number of nitrogens with zero attached hydrogens (tertiary/aromatic N) is 3. The van der Waals surface area contributed by atoms with Crippen molar-refractivity contribution in [1.82, 2.24) is 14.8 Å². The van der Waals surface area contributed by atoms with Gasteiger partial charge in [-0.2, -0.15) is 0 Å². The minimum atomic E-state index is -0.149. The number of carbonyl (C=O) groups is 1. The van der Waals surface area contributed by atoms with Crippen LogP contribution in [0.15, 0.2) is 24.5 Å². The summed E-state index contributed by atoms with van der Waals surface area (Å²) in [5, 5.41) is 0. The SMILES string of the molecule is COC1(CC(=O)N2CCC3(CCN(Cc4cccnc4)CC3)CC2)CCC1. The Balaban J connectivity index is 1.24. The summed E-state index contributed by atoms with van der Waals surface area (Å²) in [7, 11) is 1.76. The van der Waals surface area contributed by atoms with Crippen LogP contribution < -0.4 is 0 Å². The molecule has 1 spiro atoms. The van der Waals surface area contributed by atoms with E-state index in [0.717, 1.165) is 45.6 Å². The largest absolute Gasteiger partial charge is 0.378 e. The van der Waals surface area contributed by atoms with Gasteiger partial charge in [-0.05, 0) is 75.1 Å². The molecule has 5 heteroatoms. The molecule has 0 bridgehead atoms. The van der Waals surface area contributed by atoms with Crippen molar-refractivity contribution in [2.24, 2.45) is 5.41 Å². The number of hydrogen-bond acceptors (Lipinski definition) is 4. The number of methoxy groups -OCH3 is 1. The number of rotatable bonds is 5. The molecule has 148 valence electrons. The van der Waals surface area contributed by atoms with Crippen LogP contribution in [0.25, 0.3) is 0 Å². The smallest absolute Gasteiger partial charge is 0.225 e. The molecule has 3 fully saturated rings. The standard InChI is InChI=1S/C22H33N3O2/c1-27-22(5-3-6-22)16-20(26)25-14-9-21(10-15-25)7-12-24(13-8-21)18-19-4-2-11-23-17-19/h2,4,11,17H,3,5-10,12-16,18H2,1H3. The Morgan fingerprint density at radius 3 is 2.37 bits per heavy atom. The quantitative estimate of drug-likeness (QED) is 0.797. The number of ether oxygens (including phenoxy) is 1. The Labute approximate surface area is 163 Å². The Morgan fingerprint density at radius 2 is 1.81 bits per heavy atom. The first-order valence-electron chi connectivity index (χ1n) is 10.6. The maximum atomic E-state index is 12.7. The monoisotopic (exact) mass is 371 g/mol. The van der Waals surface area contributed by atoms with Crippen molar-refractivity contribution in [2.45, 2.75) is 63.5 Å². The summed E-state index contributed by atoms with van der Waals surface area (Å²) in [6.07, 6.45) is 12.5. The van der Waals surface area contributed by atoms with Crippen LogP contribution in [-0.4, -0.2) is 59.6 Å². The number of carbonyl (C=O) groups excluding carboxylic acids is 1. The van der Waals surface area contributed by atoms with Gasteiger partial charge in [0.15, 0.2) is 0 Å². The van der Waals surface area contributed by atoms with Gasteiger partial charge < -0.3 is 9.64 Å². The van der Waals surface area contributed by atoms with Gasteiger partial charge in [-0.1, -0.05) is 6.07 Å². The molecule has 1 saturated carbocycles. The van der Waals surface area contributed by atoms with Crippen molar-refractivity contribution in [3.8, 4) is 0 Å². The Kier molecular flexibility index (Phi) is 5.51. The highest BCUT2D eigenvalue weighted by Gasteiger charge is 2.42. The van der Waals surface area contributed by atoms with Crippen molar-refractivity contribution in [3.05, 3.63) is 30.1 Å². The predicted octanol–water partition coefficient (Wildman–Crippen LogP) is 3.25. The lowest BCUT2D eigenvalue weighted by molar-refractivity contribution is -0.146. The van der Waals surface area contributed by atoms with Crippen molar-refractivity contribution < 1.29 is 9.53 Å². The molecule has 1 amide bonds. The van der Waals surface area contributed by atoms with E-state index in [0.29, 0.717) is 17.7 Å². The summed E-state index contributed by atoms with van der Waals surface area (Å²) in [6.45, 7) is 5.20. The number of likely N-dealkylation sites (tertiary alicyclic amines) is 2. The van der Waals surface area contributed by atoms with Crippen LogP contribution in [0.5, 0.6) is 0 Å². The Bertz CT molecular complexity index is 621. The second-order valence-electron chi connectivity index (χ2n) is 8.94. The average Bonchev–Trinajstić information content (AvgIpc) is 2.68. The average molecular weight is 372 g/mol. The zero-order valence-electron chi connectivity index (χ0n) is 16.7. The van der Waals surface area contributed by atoms with Crippen LogP contribution in [0.4, 0.5) is 0 Å². The molecule has 3 aliphatic rings. The molecule has 2 aliphatic heterocycles. The predicted molar refractivity (Wildman–Crippen MR) is 105 cm³/mol. The summed E-state index contributed by atoms with van der Waals surface area (Å²) in [5.74, 6) is 0.306. The van der Waals surface area contributed by atoms with Gasteiger partial charge in [0.1, 0.15) is 0 Å². The normalized spacial score (nSPS) is 24.6. The summed E-state index contributed by atoms with van der Waals surface area (Å²) in [4.78, 5) is 21.6. The number of piperidine rings is 2. The van der Waals surface area contributed by atoms with E-state index in [1.165, 1.54) is 37.7 Å². The molecular formula is C22H33N3O2. The molecule has 27 heavy (non-hydrogen) atoms. The molecule has 0 N–H and O–H groups in total. The third kappa shape index (κ3) is 4.19. The number of amides is 1.